The van der Waals surface area contributed by atoms with Crippen LogP contribution in [0.15, 0.2) is 12.4 Å². The van der Waals surface area contributed by atoms with E-state index >= 15 is 0 Å². The number of carbonyl (C=O) groups is 1. The van der Waals surface area contributed by atoms with E-state index in [9.17, 15) is 4.79 Å². The minimum absolute atomic E-state index is 0.203. The zero-order valence-corrected chi connectivity index (χ0v) is 10.8. The highest BCUT2D eigenvalue weighted by atomic mass is 16.1. The SMILES string of the molecule is Cc1cnc(N2CCN([C@H](C)C(N)=O)CC2)nc1. The maximum Gasteiger partial charge on any atom is 0.234 e. The van der Waals surface area contributed by atoms with E-state index in [1.807, 2.05) is 26.2 Å². The summed E-state index contributed by atoms with van der Waals surface area (Å²) in [5.74, 6) is 0.488. The lowest BCUT2D eigenvalue weighted by Gasteiger charge is -2.36. The van der Waals surface area contributed by atoms with E-state index in [0.29, 0.717) is 0 Å². The van der Waals surface area contributed by atoms with E-state index < -0.39 is 0 Å². The summed E-state index contributed by atoms with van der Waals surface area (Å²) in [4.78, 5) is 24.0. The second-order valence-electron chi connectivity index (χ2n) is 4.66. The van der Waals surface area contributed by atoms with Crippen molar-refractivity contribution in [3.8, 4) is 0 Å². The number of hydrogen-bond donors (Lipinski definition) is 1. The Labute approximate surface area is 107 Å². The van der Waals surface area contributed by atoms with E-state index in [-0.39, 0.29) is 11.9 Å². The maximum atomic E-state index is 11.1. The minimum Gasteiger partial charge on any atom is -0.368 e. The molecule has 1 aliphatic rings. The van der Waals surface area contributed by atoms with Gasteiger partial charge in [-0.2, -0.15) is 0 Å². The first kappa shape index (κ1) is 12.8. The summed E-state index contributed by atoms with van der Waals surface area (Å²) in [5.41, 5.74) is 6.37. The average molecular weight is 249 g/mol. The summed E-state index contributed by atoms with van der Waals surface area (Å²) in [5, 5.41) is 0. The van der Waals surface area contributed by atoms with Gasteiger partial charge in [-0.15, -0.1) is 0 Å². The topological polar surface area (TPSA) is 75.3 Å². The smallest absolute Gasteiger partial charge is 0.234 e. The van der Waals surface area contributed by atoms with E-state index in [2.05, 4.69) is 19.8 Å². The Hall–Kier alpha value is -1.69. The molecule has 6 heteroatoms. The fourth-order valence-electron chi connectivity index (χ4n) is 2.04. The van der Waals surface area contributed by atoms with Crippen LogP contribution in [0.25, 0.3) is 0 Å². The molecule has 0 bridgehead atoms. The van der Waals surface area contributed by atoms with Gasteiger partial charge in [-0.25, -0.2) is 9.97 Å². The predicted molar refractivity (Wildman–Crippen MR) is 69.2 cm³/mol. The van der Waals surface area contributed by atoms with Gasteiger partial charge in [-0.05, 0) is 19.4 Å². The summed E-state index contributed by atoms with van der Waals surface area (Å²) < 4.78 is 0. The van der Waals surface area contributed by atoms with Gasteiger partial charge < -0.3 is 10.6 Å². The molecule has 0 saturated carbocycles. The van der Waals surface area contributed by atoms with Crippen molar-refractivity contribution in [3.63, 3.8) is 0 Å². The zero-order valence-electron chi connectivity index (χ0n) is 10.8. The molecule has 18 heavy (non-hydrogen) atoms. The van der Waals surface area contributed by atoms with Crippen LogP contribution >= 0.6 is 0 Å². The van der Waals surface area contributed by atoms with E-state index in [1.54, 1.807) is 0 Å². The number of piperazine rings is 1. The second kappa shape index (κ2) is 5.30. The predicted octanol–water partition coefficient (Wildman–Crippen LogP) is -0.219. The molecule has 1 aromatic heterocycles. The normalized spacial score (nSPS) is 18.7. The van der Waals surface area contributed by atoms with E-state index in [4.69, 9.17) is 5.73 Å². The Morgan fingerprint density at radius 1 is 1.28 bits per heavy atom. The fraction of sp³-hybridized carbons (Fsp3) is 0.583. The number of rotatable bonds is 3. The first-order valence-electron chi connectivity index (χ1n) is 6.15. The highest BCUT2D eigenvalue weighted by Crippen LogP contribution is 2.12. The fourth-order valence-corrected chi connectivity index (χ4v) is 2.04. The number of primary amides is 1. The lowest BCUT2D eigenvalue weighted by atomic mass is 10.2. The Balaban J connectivity index is 1.94. The molecule has 2 N–H and O–H groups in total. The number of anilines is 1. The molecule has 2 rings (SSSR count). The van der Waals surface area contributed by atoms with Crippen molar-refractivity contribution in [1.82, 2.24) is 14.9 Å². The number of amides is 1. The molecule has 0 spiro atoms. The van der Waals surface area contributed by atoms with Crippen molar-refractivity contribution in [2.75, 3.05) is 31.1 Å². The highest BCUT2D eigenvalue weighted by molar-refractivity contribution is 5.79. The number of aromatic nitrogens is 2. The van der Waals surface area contributed by atoms with Crippen LogP contribution in [0.5, 0.6) is 0 Å². The van der Waals surface area contributed by atoms with Gasteiger partial charge in [0.1, 0.15) is 0 Å². The van der Waals surface area contributed by atoms with Gasteiger partial charge in [0, 0.05) is 38.6 Å². The summed E-state index contributed by atoms with van der Waals surface area (Å²) >= 11 is 0. The number of aryl methyl sites for hydroxylation is 1. The standard InChI is InChI=1S/C12H19N5O/c1-9-7-14-12(15-8-9)17-5-3-16(4-6-17)10(2)11(13)18/h7-8,10H,3-6H2,1-2H3,(H2,13,18)/t10-/m1/s1. The molecule has 0 aliphatic carbocycles. The third-order valence-electron chi connectivity index (χ3n) is 3.32. The summed E-state index contributed by atoms with van der Waals surface area (Å²) in [7, 11) is 0. The van der Waals surface area contributed by atoms with Gasteiger partial charge >= 0.3 is 0 Å². The summed E-state index contributed by atoms with van der Waals surface area (Å²) in [6, 6.07) is -0.203. The van der Waals surface area contributed by atoms with Crippen molar-refractivity contribution < 1.29 is 4.79 Å². The summed E-state index contributed by atoms with van der Waals surface area (Å²) in [6.07, 6.45) is 3.64. The molecule has 1 saturated heterocycles. The van der Waals surface area contributed by atoms with Crippen molar-refractivity contribution in [1.29, 1.82) is 0 Å². The summed E-state index contributed by atoms with van der Waals surface area (Å²) in [6.45, 7) is 7.07. The van der Waals surface area contributed by atoms with Crippen molar-refractivity contribution in [2.24, 2.45) is 5.73 Å². The third kappa shape index (κ3) is 2.76. The zero-order chi connectivity index (χ0) is 13.1. The van der Waals surface area contributed by atoms with Gasteiger partial charge in [0.2, 0.25) is 11.9 Å². The molecule has 1 aromatic rings. The van der Waals surface area contributed by atoms with Gasteiger partial charge in [0.15, 0.2) is 0 Å². The van der Waals surface area contributed by atoms with Crippen LogP contribution in [0.2, 0.25) is 0 Å². The van der Waals surface area contributed by atoms with Crippen LogP contribution in [0.1, 0.15) is 12.5 Å². The van der Waals surface area contributed by atoms with Crippen LogP contribution in [0.4, 0.5) is 5.95 Å². The molecule has 1 amide bonds. The van der Waals surface area contributed by atoms with Crippen LogP contribution in [0, 0.1) is 6.92 Å². The molecule has 6 nitrogen and oxygen atoms in total. The second-order valence-corrected chi connectivity index (χ2v) is 4.66. The molecule has 98 valence electrons. The van der Waals surface area contributed by atoms with Gasteiger partial charge in [0.25, 0.3) is 0 Å². The molecule has 1 fully saturated rings. The molecule has 0 unspecified atom stereocenters. The Bertz CT molecular complexity index is 411. The Morgan fingerprint density at radius 2 is 1.83 bits per heavy atom. The lowest BCUT2D eigenvalue weighted by Crippen LogP contribution is -2.53. The molecular formula is C12H19N5O. The maximum absolute atomic E-state index is 11.1. The molecule has 1 atom stereocenters. The first-order chi connectivity index (χ1) is 8.58. The van der Waals surface area contributed by atoms with Crippen molar-refractivity contribution >= 4 is 11.9 Å². The molecule has 0 aromatic carbocycles. The van der Waals surface area contributed by atoms with Crippen LogP contribution in [-0.2, 0) is 4.79 Å². The van der Waals surface area contributed by atoms with Crippen LogP contribution < -0.4 is 10.6 Å². The van der Waals surface area contributed by atoms with Crippen LogP contribution in [-0.4, -0.2) is 53.0 Å². The molecule has 2 heterocycles. The molecular weight excluding hydrogens is 230 g/mol. The number of carbonyl (C=O) groups excluding carboxylic acids is 1. The Morgan fingerprint density at radius 3 is 2.33 bits per heavy atom. The van der Waals surface area contributed by atoms with Crippen molar-refractivity contribution in [2.45, 2.75) is 19.9 Å². The van der Waals surface area contributed by atoms with Gasteiger partial charge in [-0.3, -0.25) is 9.69 Å². The number of hydrogen-bond acceptors (Lipinski definition) is 5. The first-order valence-corrected chi connectivity index (χ1v) is 6.15. The third-order valence-corrected chi connectivity index (χ3v) is 3.32. The quantitative estimate of drug-likeness (QED) is 0.801. The monoisotopic (exact) mass is 249 g/mol. The Kier molecular flexibility index (Phi) is 3.76. The average Bonchev–Trinajstić information content (AvgIpc) is 2.39. The highest BCUT2D eigenvalue weighted by Gasteiger charge is 2.24. The number of nitrogens with zero attached hydrogens (tertiary/aromatic N) is 4. The van der Waals surface area contributed by atoms with Crippen LogP contribution in [0.3, 0.4) is 0 Å². The lowest BCUT2D eigenvalue weighted by molar-refractivity contribution is -0.122. The molecule has 0 radical (unpaired) electrons. The van der Waals surface area contributed by atoms with E-state index in [0.717, 1.165) is 37.7 Å². The van der Waals surface area contributed by atoms with Gasteiger partial charge in [0.05, 0.1) is 6.04 Å². The van der Waals surface area contributed by atoms with Crippen molar-refractivity contribution in [3.05, 3.63) is 18.0 Å². The molecule has 1 aliphatic heterocycles. The van der Waals surface area contributed by atoms with E-state index in [1.165, 1.54) is 0 Å². The minimum atomic E-state index is -0.268. The number of nitrogens with two attached hydrogens (primary N) is 1. The van der Waals surface area contributed by atoms with Gasteiger partial charge in [-0.1, -0.05) is 0 Å². The largest absolute Gasteiger partial charge is 0.368 e.